The number of primary amides is 1. The van der Waals surface area contributed by atoms with Gasteiger partial charge in [-0.15, -0.1) is 0 Å². The number of para-hydroxylation sites is 1. The third-order valence-electron chi connectivity index (χ3n) is 2.07. The van der Waals surface area contributed by atoms with E-state index < -0.39 is 11.7 Å². The highest BCUT2D eigenvalue weighted by Gasteiger charge is 2.12. The zero-order valence-corrected chi connectivity index (χ0v) is 7.77. The number of carbonyl (C=O) groups excluding carboxylic acids is 1. The average Bonchev–Trinajstić information content (AvgIpc) is 2.45. The molecule has 0 aliphatic carbocycles. The molecule has 6 heteroatoms. The van der Waals surface area contributed by atoms with Crippen LogP contribution in [0.25, 0.3) is 11.0 Å². The van der Waals surface area contributed by atoms with Crippen LogP contribution in [0.1, 0.15) is 0 Å². The number of benzene rings is 1. The van der Waals surface area contributed by atoms with Gasteiger partial charge in [-0.05, 0) is 12.1 Å². The van der Waals surface area contributed by atoms with Crippen LogP contribution < -0.4 is 11.5 Å². The van der Waals surface area contributed by atoms with Crippen molar-refractivity contribution in [2.45, 2.75) is 6.54 Å². The van der Waals surface area contributed by atoms with Crippen LogP contribution >= 0.6 is 0 Å². The normalized spacial score (nSPS) is 10.7. The summed E-state index contributed by atoms with van der Waals surface area (Å²) in [7, 11) is 0. The van der Waals surface area contributed by atoms with Gasteiger partial charge in [-0.3, -0.25) is 4.79 Å². The Labute approximate surface area is 84.5 Å². The summed E-state index contributed by atoms with van der Waals surface area (Å²) >= 11 is 0. The highest BCUT2D eigenvalue weighted by atomic mass is 19.1. The second-order valence-electron chi connectivity index (χ2n) is 3.13. The lowest BCUT2D eigenvalue weighted by Crippen LogP contribution is -2.19. The number of anilines is 1. The number of imidazole rings is 1. The predicted molar refractivity (Wildman–Crippen MR) is 53.3 cm³/mol. The Bertz CT molecular complexity index is 534. The molecule has 0 fully saturated rings. The van der Waals surface area contributed by atoms with E-state index in [0.717, 1.165) is 0 Å². The van der Waals surface area contributed by atoms with E-state index in [9.17, 15) is 9.18 Å². The lowest BCUT2D eigenvalue weighted by molar-refractivity contribution is -0.118. The highest BCUT2D eigenvalue weighted by Crippen LogP contribution is 2.19. The van der Waals surface area contributed by atoms with Crippen molar-refractivity contribution in [1.29, 1.82) is 0 Å². The van der Waals surface area contributed by atoms with Gasteiger partial charge in [-0.25, -0.2) is 9.37 Å². The summed E-state index contributed by atoms with van der Waals surface area (Å²) < 4.78 is 14.6. The fraction of sp³-hybridized carbons (Fsp3) is 0.111. The van der Waals surface area contributed by atoms with E-state index in [-0.39, 0.29) is 18.0 Å². The average molecular weight is 208 g/mol. The molecule has 1 heterocycles. The molecule has 0 unspecified atom stereocenters. The van der Waals surface area contributed by atoms with E-state index in [2.05, 4.69) is 4.98 Å². The van der Waals surface area contributed by atoms with Crippen molar-refractivity contribution >= 4 is 22.9 Å². The summed E-state index contributed by atoms with van der Waals surface area (Å²) in [6, 6.07) is 4.43. The molecule has 5 nitrogen and oxygen atoms in total. The monoisotopic (exact) mass is 208 g/mol. The van der Waals surface area contributed by atoms with E-state index in [0.29, 0.717) is 5.52 Å². The van der Waals surface area contributed by atoms with Crippen LogP contribution in [0.5, 0.6) is 0 Å². The summed E-state index contributed by atoms with van der Waals surface area (Å²) in [6.45, 7) is -0.105. The summed E-state index contributed by atoms with van der Waals surface area (Å²) in [6.07, 6.45) is 0. The molecule has 0 atom stereocenters. The molecule has 0 bridgehead atoms. The minimum Gasteiger partial charge on any atom is -0.369 e. The number of fused-ring (bicyclic) bond motifs is 1. The number of nitrogens with zero attached hydrogens (tertiary/aromatic N) is 2. The molecule has 0 radical (unpaired) electrons. The Hall–Kier alpha value is -2.11. The first-order valence-corrected chi connectivity index (χ1v) is 4.28. The van der Waals surface area contributed by atoms with Crippen LogP contribution in [0, 0.1) is 5.82 Å². The molecule has 1 aromatic carbocycles. The van der Waals surface area contributed by atoms with Gasteiger partial charge in [0.25, 0.3) is 0 Å². The quantitative estimate of drug-likeness (QED) is 0.741. The molecule has 1 amide bonds. The van der Waals surface area contributed by atoms with E-state index in [4.69, 9.17) is 11.5 Å². The Balaban J connectivity index is 2.68. The maximum atomic E-state index is 13.3. The van der Waals surface area contributed by atoms with E-state index in [1.807, 2.05) is 0 Å². The predicted octanol–water partition coefficient (Wildman–Crippen LogP) is 0.243. The molecule has 78 valence electrons. The SMILES string of the molecule is NC(=O)Cn1c(N)nc2c(F)cccc21. The molecule has 0 spiro atoms. The fourth-order valence-electron chi connectivity index (χ4n) is 1.45. The number of halogens is 1. The zero-order valence-electron chi connectivity index (χ0n) is 7.77. The molecule has 2 aromatic rings. The van der Waals surface area contributed by atoms with Gasteiger partial charge in [-0.2, -0.15) is 0 Å². The van der Waals surface area contributed by atoms with Gasteiger partial charge >= 0.3 is 0 Å². The molecule has 0 aliphatic rings. The van der Waals surface area contributed by atoms with Gasteiger partial charge in [0.05, 0.1) is 5.52 Å². The zero-order chi connectivity index (χ0) is 11.0. The minimum absolute atomic E-state index is 0.0777. The molecule has 0 aliphatic heterocycles. The molecule has 0 saturated carbocycles. The van der Waals surface area contributed by atoms with E-state index >= 15 is 0 Å². The third kappa shape index (κ3) is 1.50. The number of carbonyl (C=O) groups is 1. The van der Waals surface area contributed by atoms with Crippen LogP contribution in [0.2, 0.25) is 0 Å². The lowest BCUT2D eigenvalue weighted by atomic mass is 10.3. The van der Waals surface area contributed by atoms with Crippen LogP contribution in [0.4, 0.5) is 10.3 Å². The number of hydrogen-bond acceptors (Lipinski definition) is 3. The topological polar surface area (TPSA) is 86.9 Å². The van der Waals surface area contributed by atoms with Crippen molar-refractivity contribution in [3.8, 4) is 0 Å². The lowest BCUT2D eigenvalue weighted by Gasteiger charge is -2.02. The van der Waals surface area contributed by atoms with Gasteiger partial charge in [0.15, 0.2) is 5.82 Å². The number of hydrogen-bond donors (Lipinski definition) is 2. The molecular formula is C9H9FN4O. The maximum Gasteiger partial charge on any atom is 0.237 e. The first-order chi connectivity index (χ1) is 7.09. The van der Waals surface area contributed by atoms with Crippen molar-refractivity contribution in [3.05, 3.63) is 24.0 Å². The Kier molecular flexibility index (Phi) is 2.03. The van der Waals surface area contributed by atoms with Crippen molar-refractivity contribution in [2.75, 3.05) is 5.73 Å². The smallest absolute Gasteiger partial charge is 0.237 e. The van der Waals surface area contributed by atoms with Gasteiger partial charge in [-0.1, -0.05) is 6.07 Å². The maximum absolute atomic E-state index is 13.3. The minimum atomic E-state index is -0.551. The second-order valence-corrected chi connectivity index (χ2v) is 3.13. The van der Waals surface area contributed by atoms with Crippen LogP contribution in [-0.2, 0) is 11.3 Å². The van der Waals surface area contributed by atoms with Gasteiger partial charge in [0, 0.05) is 0 Å². The van der Waals surface area contributed by atoms with Crippen LogP contribution in [0.3, 0.4) is 0 Å². The van der Waals surface area contributed by atoms with E-state index in [1.165, 1.54) is 16.7 Å². The first kappa shape index (κ1) is 9.45. The van der Waals surface area contributed by atoms with E-state index in [1.54, 1.807) is 6.07 Å². The molecular weight excluding hydrogens is 199 g/mol. The first-order valence-electron chi connectivity index (χ1n) is 4.28. The third-order valence-corrected chi connectivity index (χ3v) is 2.07. The standard InChI is InChI=1S/C9H9FN4O/c10-5-2-1-3-6-8(5)13-9(12)14(6)4-7(11)15/h1-3H,4H2,(H2,11,15)(H2,12,13). The number of nitrogen functional groups attached to an aromatic ring is 1. The summed E-state index contributed by atoms with van der Waals surface area (Å²) in [4.78, 5) is 14.6. The van der Waals surface area contributed by atoms with Crippen LogP contribution in [0.15, 0.2) is 18.2 Å². The van der Waals surface area contributed by atoms with Crippen LogP contribution in [-0.4, -0.2) is 15.5 Å². The fourth-order valence-corrected chi connectivity index (χ4v) is 1.45. The number of nitrogens with two attached hydrogens (primary N) is 2. The van der Waals surface area contributed by atoms with Crippen molar-refractivity contribution in [1.82, 2.24) is 9.55 Å². The highest BCUT2D eigenvalue weighted by molar-refractivity contribution is 5.82. The Morgan fingerprint density at radius 2 is 2.27 bits per heavy atom. The Morgan fingerprint density at radius 1 is 1.53 bits per heavy atom. The molecule has 0 saturated heterocycles. The summed E-state index contributed by atoms with van der Waals surface area (Å²) in [5.41, 5.74) is 11.2. The molecule has 15 heavy (non-hydrogen) atoms. The van der Waals surface area contributed by atoms with Crippen molar-refractivity contribution < 1.29 is 9.18 Å². The number of aromatic nitrogens is 2. The van der Waals surface area contributed by atoms with Crippen molar-refractivity contribution in [3.63, 3.8) is 0 Å². The Morgan fingerprint density at radius 3 is 2.93 bits per heavy atom. The second kappa shape index (κ2) is 3.23. The van der Waals surface area contributed by atoms with Gasteiger partial charge < -0.3 is 16.0 Å². The number of rotatable bonds is 2. The van der Waals surface area contributed by atoms with Crippen molar-refractivity contribution in [2.24, 2.45) is 5.73 Å². The summed E-state index contributed by atoms with van der Waals surface area (Å²) in [5.74, 6) is -0.943. The molecule has 2 rings (SSSR count). The largest absolute Gasteiger partial charge is 0.369 e. The number of amides is 1. The molecule has 1 aromatic heterocycles. The van der Waals surface area contributed by atoms with Gasteiger partial charge in [0.1, 0.15) is 12.1 Å². The molecule has 4 N–H and O–H groups in total. The summed E-state index contributed by atoms with van der Waals surface area (Å²) in [5, 5.41) is 0. The van der Waals surface area contributed by atoms with Gasteiger partial charge in [0.2, 0.25) is 11.9 Å².